The smallest absolute Gasteiger partial charge is 0.348 e. The van der Waals surface area contributed by atoms with Crippen LogP contribution in [-0.4, -0.2) is 32.7 Å². The first-order valence-corrected chi connectivity index (χ1v) is 7.57. The van der Waals surface area contributed by atoms with Crippen molar-refractivity contribution < 1.29 is 34.0 Å². The van der Waals surface area contributed by atoms with Gasteiger partial charge in [-0.15, -0.1) is 0 Å². The predicted molar refractivity (Wildman–Crippen MR) is 82.8 cm³/mol. The van der Waals surface area contributed by atoms with E-state index < -0.39 is 50.3 Å². The second kappa shape index (κ2) is 6.10. The summed E-state index contributed by atoms with van der Waals surface area (Å²) in [6.45, 7) is 0. The first-order chi connectivity index (χ1) is 12.2. The Bertz CT molecular complexity index is 811. The van der Waals surface area contributed by atoms with Crippen LogP contribution in [0, 0.1) is 20.2 Å². The zero-order chi connectivity index (χ0) is 19.1. The second-order valence-electron chi connectivity index (χ2n) is 5.88. The highest BCUT2D eigenvalue weighted by Gasteiger charge is 2.48. The summed E-state index contributed by atoms with van der Waals surface area (Å²) in [4.78, 5) is 44.2. The lowest BCUT2D eigenvalue weighted by molar-refractivity contribution is -0.396. The minimum absolute atomic E-state index is 0.201. The van der Waals surface area contributed by atoms with E-state index >= 15 is 0 Å². The number of phenolic OH excluding ortho intramolecular Hbond substituents is 1. The van der Waals surface area contributed by atoms with Crippen LogP contribution in [0.25, 0.3) is 6.08 Å². The number of esters is 2. The number of carbonyl (C=O) groups is 2. The number of ether oxygens (including phenoxy) is 2. The molecule has 1 aromatic carbocycles. The van der Waals surface area contributed by atoms with Crippen LogP contribution in [-0.2, 0) is 19.1 Å². The van der Waals surface area contributed by atoms with Crippen LogP contribution in [0.2, 0.25) is 0 Å². The molecule has 0 unspecified atom stereocenters. The van der Waals surface area contributed by atoms with Crippen molar-refractivity contribution in [3.8, 4) is 5.75 Å². The normalized spacial score (nSPS) is 18.4. The summed E-state index contributed by atoms with van der Waals surface area (Å²) >= 11 is 0. The number of carbonyl (C=O) groups excluding carboxylic acids is 2. The third-order valence-corrected chi connectivity index (χ3v) is 4.16. The molecule has 0 amide bonds. The molecule has 0 radical (unpaired) electrons. The summed E-state index contributed by atoms with van der Waals surface area (Å²) in [6.07, 6.45) is 3.12. The van der Waals surface area contributed by atoms with Gasteiger partial charge in [-0.2, -0.15) is 0 Å². The van der Waals surface area contributed by atoms with Gasteiger partial charge in [-0.3, -0.25) is 20.2 Å². The van der Waals surface area contributed by atoms with Crippen molar-refractivity contribution in [1.29, 1.82) is 0 Å². The van der Waals surface area contributed by atoms with Crippen molar-refractivity contribution in [3.63, 3.8) is 0 Å². The third kappa shape index (κ3) is 2.94. The highest BCUT2D eigenvalue weighted by atomic mass is 16.7. The molecule has 1 aromatic rings. The van der Waals surface area contributed by atoms with Gasteiger partial charge in [0.05, 0.1) is 9.85 Å². The molecule has 0 atom stereocenters. The number of hydrogen-bond donors (Lipinski definition) is 1. The molecule has 26 heavy (non-hydrogen) atoms. The molecule has 1 saturated carbocycles. The Labute approximate surface area is 145 Å². The van der Waals surface area contributed by atoms with Crippen LogP contribution in [0.4, 0.5) is 11.4 Å². The molecule has 1 aliphatic carbocycles. The van der Waals surface area contributed by atoms with Gasteiger partial charge >= 0.3 is 23.3 Å². The Morgan fingerprint density at radius 3 is 1.88 bits per heavy atom. The third-order valence-electron chi connectivity index (χ3n) is 4.16. The Balaban J connectivity index is 2.02. The number of benzene rings is 1. The van der Waals surface area contributed by atoms with Gasteiger partial charge < -0.3 is 14.6 Å². The number of nitro groups is 2. The van der Waals surface area contributed by atoms with Gasteiger partial charge in [0.1, 0.15) is 5.57 Å². The van der Waals surface area contributed by atoms with Crippen molar-refractivity contribution in [2.24, 2.45) is 0 Å². The summed E-state index contributed by atoms with van der Waals surface area (Å²) in [7, 11) is 0. The number of nitro benzene ring substituents is 2. The quantitative estimate of drug-likeness (QED) is 0.278. The summed E-state index contributed by atoms with van der Waals surface area (Å²) in [5, 5.41) is 31.5. The minimum Gasteiger partial charge on any atom is -0.497 e. The molecule has 2 aliphatic rings. The van der Waals surface area contributed by atoms with Gasteiger partial charge in [0.2, 0.25) is 0 Å². The van der Waals surface area contributed by atoms with Crippen LogP contribution in [0.5, 0.6) is 5.75 Å². The fourth-order valence-corrected chi connectivity index (χ4v) is 2.94. The molecular weight excluding hydrogens is 352 g/mol. The molecule has 11 heteroatoms. The maximum atomic E-state index is 12.2. The Morgan fingerprint density at radius 1 is 1.00 bits per heavy atom. The summed E-state index contributed by atoms with van der Waals surface area (Å²) < 4.78 is 10.4. The van der Waals surface area contributed by atoms with Gasteiger partial charge in [0.15, 0.2) is 0 Å². The van der Waals surface area contributed by atoms with E-state index in [4.69, 9.17) is 9.47 Å². The maximum absolute atomic E-state index is 12.2. The van der Waals surface area contributed by atoms with Gasteiger partial charge in [0.25, 0.3) is 11.5 Å². The van der Waals surface area contributed by atoms with E-state index in [2.05, 4.69) is 0 Å². The lowest BCUT2D eigenvalue weighted by atomic mass is 10.1. The van der Waals surface area contributed by atoms with Crippen LogP contribution < -0.4 is 0 Å². The number of hydrogen-bond acceptors (Lipinski definition) is 9. The van der Waals surface area contributed by atoms with Gasteiger partial charge in [-0.25, -0.2) is 9.59 Å². The van der Waals surface area contributed by atoms with Crippen molar-refractivity contribution in [3.05, 3.63) is 43.5 Å². The zero-order valence-corrected chi connectivity index (χ0v) is 13.2. The van der Waals surface area contributed by atoms with Crippen molar-refractivity contribution in [1.82, 2.24) is 0 Å². The Kier molecular flexibility index (Phi) is 4.06. The predicted octanol–water partition coefficient (Wildman–Crippen LogP) is 1.96. The van der Waals surface area contributed by atoms with E-state index in [9.17, 15) is 34.9 Å². The fourth-order valence-electron chi connectivity index (χ4n) is 2.94. The molecule has 136 valence electrons. The largest absolute Gasteiger partial charge is 0.497 e. The molecular formula is C15H12N2O9. The molecule has 11 nitrogen and oxygen atoms in total. The molecule has 0 bridgehead atoms. The van der Waals surface area contributed by atoms with Crippen LogP contribution >= 0.6 is 0 Å². The van der Waals surface area contributed by atoms with Crippen LogP contribution in [0.1, 0.15) is 31.2 Å². The van der Waals surface area contributed by atoms with Gasteiger partial charge in [0, 0.05) is 25.0 Å². The van der Waals surface area contributed by atoms with Crippen molar-refractivity contribution in [2.45, 2.75) is 31.5 Å². The first-order valence-electron chi connectivity index (χ1n) is 7.57. The fraction of sp³-hybridized carbons (Fsp3) is 0.333. The Hall–Kier alpha value is -3.50. The standard InChI is InChI=1S/C15H12N2O9/c18-12-10(16(21)22)6-8(7-11(12)17(23)24)5-9-13(19)25-15(26-14(9)20)3-1-2-4-15/h5-7,18H,1-4H2. The lowest BCUT2D eigenvalue weighted by Gasteiger charge is -2.32. The highest BCUT2D eigenvalue weighted by Crippen LogP contribution is 2.40. The number of phenols is 1. The van der Waals surface area contributed by atoms with Crippen LogP contribution in [0.15, 0.2) is 17.7 Å². The van der Waals surface area contributed by atoms with E-state index in [1.165, 1.54) is 0 Å². The van der Waals surface area contributed by atoms with Crippen molar-refractivity contribution in [2.75, 3.05) is 0 Å². The molecule has 0 aromatic heterocycles. The molecule has 3 rings (SSSR count). The zero-order valence-electron chi connectivity index (χ0n) is 13.2. The maximum Gasteiger partial charge on any atom is 0.348 e. The monoisotopic (exact) mass is 364 g/mol. The van der Waals surface area contributed by atoms with Crippen LogP contribution in [0.3, 0.4) is 0 Å². The Morgan fingerprint density at radius 2 is 1.46 bits per heavy atom. The van der Waals surface area contributed by atoms with E-state index in [1.807, 2.05) is 0 Å². The molecule has 2 fully saturated rings. The molecule has 1 spiro atoms. The average molecular weight is 364 g/mol. The van der Waals surface area contributed by atoms with E-state index in [-0.39, 0.29) is 5.56 Å². The highest BCUT2D eigenvalue weighted by molar-refractivity contribution is 6.19. The number of rotatable bonds is 3. The number of aromatic hydroxyl groups is 1. The lowest BCUT2D eigenvalue weighted by Crippen LogP contribution is -2.44. The first kappa shape index (κ1) is 17.3. The molecule has 1 N–H and O–H groups in total. The van der Waals surface area contributed by atoms with Gasteiger partial charge in [-0.05, 0) is 24.5 Å². The summed E-state index contributed by atoms with van der Waals surface area (Å²) in [5.74, 6) is -4.35. The molecule has 1 heterocycles. The summed E-state index contributed by atoms with van der Waals surface area (Å²) in [6, 6.07) is 1.60. The van der Waals surface area contributed by atoms with E-state index in [1.54, 1.807) is 0 Å². The van der Waals surface area contributed by atoms with E-state index in [0.29, 0.717) is 12.8 Å². The topological polar surface area (TPSA) is 159 Å². The second-order valence-corrected chi connectivity index (χ2v) is 5.88. The number of nitrogens with zero attached hydrogens (tertiary/aromatic N) is 2. The van der Waals surface area contributed by atoms with E-state index in [0.717, 1.165) is 31.1 Å². The SMILES string of the molecule is O=C1OC2(CCCC2)OC(=O)C1=Cc1cc([N+](=O)[O-])c(O)c([N+](=O)[O-])c1. The molecule has 1 saturated heterocycles. The van der Waals surface area contributed by atoms with Crippen molar-refractivity contribution >= 4 is 29.4 Å². The average Bonchev–Trinajstić information content (AvgIpc) is 2.99. The minimum atomic E-state index is -1.28. The van der Waals surface area contributed by atoms with Gasteiger partial charge in [-0.1, -0.05) is 0 Å². The molecule has 1 aliphatic heterocycles. The summed E-state index contributed by atoms with van der Waals surface area (Å²) in [5.41, 5.74) is -2.61.